The lowest BCUT2D eigenvalue weighted by Crippen LogP contribution is -2.23. The van der Waals surface area contributed by atoms with Crippen molar-refractivity contribution < 1.29 is 23.4 Å². The van der Waals surface area contributed by atoms with Gasteiger partial charge in [0, 0.05) is 13.0 Å². The molecule has 0 aliphatic heterocycles. The Balaban J connectivity index is 1.87. The number of rotatable bonds is 6. The Hall–Kier alpha value is -2.63. The zero-order valence-electron chi connectivity index (χ0n) is 12.6. The predicted octanol–water partition coefficient (Wildman–Crippen LogP) is 2.93. The van der Waals surface area contributed by atoms with Crippen molar-refractivity contribution in [2.75, 3.05) is 7.11 Å². The van der Waals surface area contributed by atoms with Gasteiger partial charge in [-0.25, -0.2) is 8.78 Å². The molecule has 0 aliphatic rings. The number of amides is 1. The maximum atomic E-state index is 13.5. The quantitative estimate of drug-likeness (QED) is 0.860. The highest BCUT2D eigenvalue weighted by molar-refractivity contribution is 5.76. The molecule has 2 aromatic carbocycles. The van der Waals surface area contributed by atoms with Crippen LogP contribution in [0.1, 0.15) is 17.5 Å². The molecule has 0 saturated heterocycles. The van der Waals surface area contributed by atoms with E-state index >= 15 is 0 Å². The molecule has 2 aromatic rings. The van der Waals surface area contributed by atoms with Crippen LogP contribution in [0.15, 0.2) is 36.4 Å². The van der Waals surface area contributed by atoms with Crippen molar-refractivity contribution >= 4 is 5.91 Å². The lowest BCUT2D eigenvalue weighted by molar-refractivity contribution is -0.121. The van der Waals surface area contributed by atoms with Crippen LogP contribution in [0, 0.1) is 11.6 Å². The summed E-state index contributed by atoms with van der Waals surface area (Å²) < 4.78 is 31.5. The maximum absolute atomic E-state index is 13.5. The van der Waals surface area contributed by atoms with Gasteiger partial charge in [-0.15, -0.1) is 0 Å². The molecule has 4 nitrogen and oxygen atoms in total. The van der Waals surface area contributed by atoms with Crippen LogP contribution in [0.3, 0.4) is 0 Å². The highest BCUT2D eigenvalue weighted by atomic mass is 19.1. The zero-order chi connectivity index (χ0) is 16.8. The highest BCUT2D eigenvalue weighted by Crippen LogP contribution is 2.26. The number of nitrogens with one attached hydrogen (secondary N) is 1. The number of aromatic hydroxyl groups is 1. The first-order valence-electron chi connectivity index (χ1n) is 7.06. The molecule has 0 aliphatic carbocycles. The Bertz CT molecular complexity index is 704. The van der Waals surface area contributed by atoms with E-state index < -0.39 is 11.6 Å². The van der Waals surface area contributed by atoms with Crippen LogP contribution in [0.4, 0.5) is 8.78 Å². The number of phenolic OH excluding ortho intramolecular Hbond substituents is 1. The van der Waals surface area contributed by atoms with Crippen LogP contribution in [-0.2, 0) is 17.8 Å². The van der Waals surface area contributed by atoms with E-state index in [2.05, 4.69) is 5.32 Å². The molecule has 0 fully saturated rings. The number of carbonyl (C=O) groups excluding carboxylic acids is 1. The van der Waals surface area contributed by atoms with E-state index in [0.29, 0.717) is 5.75 Å². The molecule has 0 spiro atoms. The smallest absolute Gasteiger partial charge is 0.220 e. The molecule has 2 N–H and O–H groups in total. The summed E-state index contributed by atoms with van der Waals surface area (Å²) in [6.45, 7) is 0.251. The normalized spacial score (nSPS) is 10.4. The Morgan fingerprint density at radius 2 is 2.00 bits per heavy atom. The van der Waals surface area contributed by atoms with Crippen molar-refractivity contribution in [3.05, 3.63) is 59.2 Å². The molecule has 0 saturated carbocycles. The van der Waals surface area contributed by atoms with E-state index in [1.54, 1.807) is 12.1 Å². The highest BCUT2D eigenvalue weighted by Gasteiger charge is 2.08. The lowest BCUT2D eigenvalue weighted by Gasteiger charge is -2.08. The van der Waals surface area contributed by atoms with Crippen molar-refractivity contribution in [2.45, 2.75) is 19.4 Å². The van der Waals surface area contributed by atoms with E-state index in [9.17, 15) is 18.7 Å². The van der Waals surface area contributed by atoms with Gasteiger partial charge >= 0.3 is 0 Å². The molecule has 0 heterocycles. The molecule has 6 heteroatoms. The molecule has 0 atom stereocenters. The van der Waals surface area contributed by atoms with Gasteiger partial charge in [0.25, 0.3) is 0 Å². The minimum atomic E-state index is -0.530. The second kappa shape index (κ2) is 7.58. The van der Waals surface area contributed by atoms with Crippen molar-refractivity contribution in [2.24, 2.45) is 0 Å². The number of halogens is 2. The van der Waals surface area contributed by atoms with Crippen LogP contribution in [-0.4, -0.2) is 18.1 Å². The van der Waals surface area contributed by atoms with Crippen molar-refractivity contribution in [3.63, 3.8) is 0 Å². The molecule has 122 valence electrons. The summed E-state index contributed by atoms with van der Waals surface area (Å²) in [5, 5.41) is 12.2. The topological polar surface area (TPSA) is 58.6 Å². The fourth-order valence-electron chi connectivity index (χ4n) is 2.10. The first kappa shape index (κ1) is 16.7. The summed E-state index contributed by atoms with van der Waals surface area (Å²) in [6.07, 6.45) is 0.171. The number of ether oxygens (including phenoxy) is 1. The maximum Gasteiger partial charge on any atom is 0.220 e. The number of aryl methyl sites for hydroxylation is 1. The van der Waals surface area contributed by atoms with Crippen molar-refractivity contribution in [1.29, 1.82) is 0 Å². The monoisotopic (exact) mass is 321 g/mol. The van der Waals surface area contributed by atoms with Gasteiger partial charge in [-0.2, -0.15) is 0 Å². The first-order valence-corrected chi connectivity index (χ1v) is 7.06. The van der Waals surface area contributed by atoms with E-state index in [1.807, 2.05) is 0 Å². The Kier molecular flexibility index (Phi) is 5.51. The van der Waals surface area contributed by atoms with Gasteiger partial charge in [0.15, 0.2) is 11.5 Å². The number of hydrogen-bond donors (Lipinski definition) is 2. The second-order valence-electron chi connectivity index (χ2n) is 5.02. The summed E-state index contributed by atoms with van der Waals surface area (Å²) in [6, 6.07) is 7.92. The van der Waals surface area contributed by atoms with E-state index in [4.69, 9.17) is 4.74 Å². The molecule has 0 aromatic heterocycles. The average molecular weight is 321 g/mol. The summed E-state index contributed by atoms with van der Waals surface area (Å²) in [7, 11) is 1.44. The minimum Gasteiger partial charge on any atom is -0.504 e. The second-order valence-corrected chi connectivity index (χ2v) is 5.02. The fraction of sp³-hybridized carbons (Fsp3) is 0.235. The third-order valence-corrected chi connectivity index (χ3v) is 3.36. The predicted molar refractivity (Wildman–Crippen MR) is 81.2 cm³/mol. The summed E-state index contributed by atoms with van der Waals surface area (Å²) >= 11 is 0. The number of phenols is 1. The van der Waals surface area contributed by atoms with Crippen LogP contribution in [0.25, 0.3) is 0 Å². The standard InChI is InChI=1S/C17H17F2NO3/c1-23-16-8-11(2-6-15(16)21)10-20-17(22)7-3-12-9-13(18)4-5-14(12)19/h2,4-6,8-9,21H,3,7,10H2,1H3,(H,20,22). The number of benzene rings is 2. The molecule has 0 unspecified atom stereocenters. The van der Waals surface area contributed by atoms with E-state index in [-0.39, 0.29) is 36.6 Å². The zero-order valence-corrected chi connectivity index (χ0v) is 12.6. The fourth-order valence-corrected chi connectivity index (χ4v) is 2.10. The third kappa shape index (κ3) is 4.67. The van der Waals surface area contributed by atoms with Gasteiger partial charge in [0.2, 0.25) is 5.91 Å². The lowest BCUT2D eigenvalue weighted by atomic mass is 10.1. The first-order chi connectivity index (χ1) is 11.0. The van der Waals surface area contributed by atoms with Gasteiger partial charge in [0.1, 0.15) is 11.6 Å². The van der Waals surface area contributed by atoms with E-state index in [1.165, 1.54) is 13.2 Å². The Morgan fingerprint density at radius 3 is 2.74 bits per heavy atom. The molecule has 1 amide bonds. The van der Waals surface area contributed by atoms with E-state index in [0.717, 1.165) is 23.8 Å². The molecule has 0 bridgehead atoms. The van der Waals surface area contributed by atoms with Gasteiger partial charge in [-0.1, -0.05) is 6.07 Å². The average Bonchev–Trinajstić information content (AvgIpc) is 2.54. The summed E-state index contributed by atoms with van der Waals surface area (Å²) in [4.78, 5) is 11.8. The van der Waals surface area contributed by atoms with Gasteiger partial charge < -0.3 is 15.2 Å². The van der Waals surface area contributed by atoms with Crippen LogP contribution >= 0.6 is 0 Å². The van der Waals surface area contributed by atoms with Crippen LogP contribution in [0.5, 0.6) is 11.5 Å². The Labute approximate surface area is 132 Å². The minimum absolute atomic E-state index is 0.0177. The molecular formula is C17H17F2NO3. The van der Waals surface area contributed by atoms with Crippen molar-refractivity contribution in [3.8, 4) is 11.5 Å². The molecular weight excluding hydrogens is 304 g/mol. The molecule has 0 radical (unpaired) electrons. The van der Waals surface area contributed by atoms with Gasteiger partial charge in [-0.3, -0.25) is 4.79 Å². The largest absolute Gasteiger partial charge is 0.504 e. The number of carbonyl (C=O) groups is 1. The van der Waals surface area contributed by atoms with Crippen LogP contribution in [0.2, 0.25) is 0 Å². The third-order valence-electron chi connectivity index (χ3n) is 3.36. The molecule has 23 heavy (non-hydrogen) atoms. The number of hydrogen-bond acceptors (Lipinski definition) is 3. The molecule has 2 rings (SSSR count). The van der Waals surface area contributed by atoms with Gasteiger partial charge in [0.05, 0.1) is 7.11 Å². The van der Waals surface area contributed by atoms with Crippen LogP contribution < -0.4 is 10.1 Å². The summed E-state index contributed by atoms with van der Waals surface area (Å²) in [5.41, 5.74) is 0.927. The number of methoxy groups -OCH3 is 1. The SMILES string of the molecule is COc1cc(CNC(=O)CCc2cc(F)ccc2F)ccc1O. The summed E-state index contributed by atoms with van der Waals surface area (Å²) in [5.74, 6) is -0.996. The van der Waals surface area contributed by atoms with Crippen molar-refractivity contribution in [1.82, 2.24) is 5.32 Å². The van der Waals surface area contributed by atoms with Gasteiger partial charge in [-0.05, 0) is 47.9 Å². The Morgan fingerprint density at radius 1 is 1.22 bits per heavy atom.